The number of ether oxygens (including phenoxy) is 3. The van der Waals surface area contributed by atoms with E-state index in [1.54, 1.807) is 6.92 Å². The molecule has 1 aliphatic rings. The van der Waals surface area contributed by atoms with Gasteiger partial charge >= 0.3 is 5.97 Å². The third-order valence-corrected chi connectivity index (χ3v) is 3.83. The molecule has 0 N–H and O–H groups in total. The summed E-state index contributed by atoms with van der Waals surface area (Å²) in [5.74, 6) is -0.519. The second-order valence-electron chi connectivity index (χ2n) is 5.44. The van der Waals surface area contributed by atoms with E-state index in [4.69, 9.17) is 25.8 Å². The van der Waals surface area contributed by atoms with Gasteiger partial charge in [-0.05, 0) is 19.4 Å². The Kier molecular flexibility index (Phi) is 5.56. The first-order valence-corrected chi connectivity index (χ1v) is 7.65. The summed E-state index contributed by atoms with van der Waals surface area (Å²) in [5.41, 5.74) is -1.08. The molecular formula is C15H18ClNO6. The van der Waals surface area contributed by atoms with Crippen LogP contribution < -0.4 is 0 Å². The number of hydrogen-bond acceptors (Lipinski definition) is 6. The lowest BCUT2D eigenvalue weighted by atomic mass is 10.1. The number of halogens is 1. The molecule has 0 saturated carbocycles. The van der Waals surface area contributed by atoms with Gasteiger partial charge in [0, 0.05) is 22.7 Å². The topological polar surface area (TPSA) is 87.9 Å². The largest absolute Gasteiger partial charge is 0.463 e. The standard InChI is InChI=1S/C15H18ClNO6/c1-3-4-7-21-14(18)15(2)9-22-13(23-15)11-8-10(17(19)20)5-6-12(11)16/h5-6,8,13H,3-4,7,9H2,1-2H3. The van der Waals surface area contributed by atoms with Crippen LogP contribution in [0, 0.1) is 10.1 Å². The number of carbonyl (C=O) groups is 1. The first kappa shape index (κ1) is 17.7. The number of nitrogens with zero attached hydrogens (tertiary/aromatic N) is 1. The molecule has 1 fully saturated rings. The monoisotopic (exact) mass is 343 g/mol. The van der Waals surface area contributed by atoms with Crippen molar-refractivity contribution in [1.82, 2.24) is 0 Å². The summed E-state index contributed by atoms with van der Waals surface area (Å²) in [6, 6.07) is 3.97. The SMILES string of the molecule is CCCCOC(=O)C1(C)COC(c2cc([N+](=O)[O-])ccc2Cl)O1. The third kappa shape index (κ3) is 3.99. The fourth-order valence-corrected chi connectivity index (χ4v) is 2.29. The summed E-state index contributed by atoms with van der Waals surface area (Å²) in [7, 11) is 0. The Morgan fingerprint density at radius 1 is 1.57 bits per heavy atom. The van der Waals surface area contributed by atoms with Crippen molar-refractivity contribution >= 4 is 23.3 Å². The normalized spacial score (nSPS) is 23.7. The maximum Gasteiger partial charge on any atom is 0.340 e. The second kappa shape index (κ2) is 7.25. The van der Waals surface area contributed by atoms with Gasteiger partial charge in [-0.2, -0.15) is 0 Å². The number of rotatable bonds is 6. The molecule has 0 amide bonds. The van der Waals surface area contributed by atoms with Crippen LogP contribution >= 0.6 is 11.6 Å². The maximum atomic E-state index is 12.1. The van der Waals surface area contributed by atoms with Gasteiger partial charge in [0.15, 0.2) is 11.9 Å². The highest BCUT2D eigenvalue weighted by Crippen LogP contribution is 2.38. The van der Waals surface area contributed by atoms with Crippen molar-refractivity contribution in [3.05, 3.63) is 38.9 Å². The average molecular weight is 344 g/mol. The van der Waals surface area contributed by atoms with E-state index in [0.717, 1.165) is 12.8 Å². The molecule has 1 aliphatic heterocycles. The van der Waals surface area contributed by atoms with Crippen LogP contribution in [0.1, 0.15) is 38.5 Å². The highest BCUT2D eigenvalue weighted by atomic mass is 35.5. The summed E-state index contributed by atoms with van der Waals surface area (Å²) < 4.78 is 16.3. The number of benzene rings is 1. The van der Waals surface area contributed by atoms with E-state index in [0.29, 0.717) is 12.2 Å². The van der Waals surface area contributed by atoms with Crippen molar-refractivity contribution in [3.8, 4) is 0 Å². The van der Waals surface area contributed by atoms with Gasteiger partial charge in [-0.15, -0.1) is 0 Å². The van der Waals surface area contributed by atoms with E-state index in [9.17, 15) is 14.9 Å². The van der Waals surface area contributed by atoms with E-state index in [2.05, 4.69) is 0 Å². The quantitative estimate of drug-likeness (QED) is 0.340. The van der Waals surface area contributed by atoms with Gasteiger partial charge in [-0.25, -0.2) is 4.79 Å². The number of carbonyl (C=O) groups excluding carboxylic acids is 1. The van der Waals surface area contributed by atoms with Crippen molar-refractivity contribution in [2.24, 2.45) is 0 Å². The molecule has 0 bridgehead atoms. The Hall–Kier alpha value is -1.70. The minimum Gasteiger partial charge on any atom is -0.463 e. The smallest absolute Gasteiger partial charge is 0.340 e. The first-order chi connectivity index (χ1) is 10.9. The highest BCUT2D eigenvalue weighted by molar-refractivity contribution is 6.31. The van der Waals surface area contributed by atoms with Gasteiger partial charge < -0.3 is 14.2 Å². The van der Waals surface area contributed by atoms with Gasteiger partial charge in [0.1, 0.15) is 0 Å². The summed E-state index contributed by atoms with van der Waals surface area (Å²) in [6.45, 7) is 3.86. The molecule has 7 nitrogen and oxygen atoms in total. The van der Waals surface area contributed by atoms with Crippen LogP contribution in [0.4, 0.5) is 5.69 Å². The molecule has 0 aliphatic carbocycles. The summed E-state index contributed by atoms with van der Waals surface area (Å²) >= 11 is 6.06. The number of hydrogen-bond donors (Lipinski definition) is 0. The van der Waals surface area contributed by atoms with E-state index in [-0.39, 0.29) is 17.3 Å². The Morgan fingerprint density at radius 3 is 2.96 bits per heavy atom. The Labute approximate surface area is 138 Å². The lowest BCUT2D eigenvalue weighted by Gasteiger charge is -2.20. The third-order valence-electron chi connectivity index (χ3n) is 3.48. The van der Waals surface area contributed by atoms with Crippen molar-refractivity contribution in [1.29, 1.82) is 0 Å². The highest BCUT2D eigenvalue weighted by Gasteiger charge is 2.46. The lowest BCUT2D eigenvalue weighted by molar-refractivity contribution is -0.385. The van der Waals surface area contributed by atoms with Crippen LogP contribution in [0.25, 0.3) is 0 Å². The van der Waals surface area contributed by atoms with E-state index >= 15 is 0 Å². The zero-order valence-electron chi connectivity index (χ0n) is 12.9. The molecule has 0 aromatic heterocycles. The van der Waals surface area contributed by atoms with Crippen LogP contribution in [0.2, 0.25) is 5.02 Å². The fraction of sp³-hybridized carbons (Fsp3) is 0.533. The molecule has 2 atom stereocenters. The second-order valence-corrected chi connectivity index (χ2v) is 5.85. The Morgan fingerprint density at radius 2 is 2.30 bits per heavy atom. The molecule has 0 radical (unpaired) electrons. The van der Waals surface area contributed by atoms with Crippen molar-refractivity contribution in [2.75, 3.05) is 13.2 Å². The summed E-state index contributed by atoms with van der Waals surface area (Å²) in [6.07, 6.45) is 0.724. The van der Waals surface area contributed by atoms with Crippen molar-refractivity contribution < 1.29 is 23.9 Å². The first-order valence-electron chi connectivity index (χ1n) is 7.28. The number of nitro groups is 1. The van der Waals surface area contributed by atoms with E-state index in [1.807, 2.05) is 6.92 Å². The van der Waals surface area contributed by atoms with Crippen LogP contribution in [-0.4, -0.2) is 29.7 Å². The predicted octanol–water partition coefficient (Wildman–Crippen LogP) is 3.40. The van der Waals surface area contributed by atoms with Crippen LogP contribution in [-0.2, 0) is 19.0 Å². The molecule has 2 rings (SSSR count). The zero-order chi connectivity index (χ0) is 17.0. The van der Waals surface area contributed by atoms with E-state index in [1.165, 1.54) is 18.2 Å². The molecule has 126 valence electrons. The average Bonchev–Trinajstić information content (AvgIpc) is 2.91. The summed E-state index contributed by atoms with van der Waals surface area (Å²) in [5, 5.41) is 11.1. The number of nitro benzene ring substituents is 1. The van der Waals surface area contributed by atoms with Gasteiger partial charge in [-0.1, -0.05) is 24.9 Å². The van der Waals surface area contributed by atoms with Crippen LogP contribution in [0.15, 0.2) is 18.2 Å². The molecule has 23 heavy (non-hydrogen) atoms. The lowest BCUT2D eigenvalue weighted by Crippen LogP contribution is -2.39. The maximum absolute atomic E-state index is 12.1. The molecule has 1 heterocycles. The van der Waals surface area contributed by atoms with Gasteiger partial charge in [0.2, 0.25) is 0 Å². The van der Waals surface area contributed by atoms with Gasteiger partial charge in [0.25, 0.3) is 5.69 Å². The molecule has 1 aromatic rings. The van der Waals surface area contributed by atoms with Crippen LogP contribution in [0.3, 0.4) is 0 Å². The van der Waals surface area contributed by atoms with Crippen molar-refractivity contribution in [3.63, 3.8) is 0 Å². The predicted molar refractivity (Wildman–Crippen MR) is 82.2 cm³/mol. The molecule has 2 unspecified atom stereocenters. The molecule has 1 aromatic carbocycles. The van der Waals surface area contributed by atoms with E-state index < -0.39 is 22.8 Å². The Bertz CT molecular complexity index is 608. The molecular weight excluding hydrogens is 326 g/mol. The molecule has 8 heteroatoms. The number of esters is 1. The number of non-ortho nitro benzene ring substituents is 1. The fourth-order valence-electron chi connectivity index (χ4n) is 2.09. The number of unbranched alkanes of at least 4 members (excludes halogenated alkanes) is 1. The van der Waals surface area contributed by atoms with Crippen LogP contribution in [0.5, 0.6) is 0 Å². The minimum atomic E-state index is -1.26. The van der Waals surface area contributed by atoms with Crippen molar-refractivity contribution in [2.45, 2.75) is 38.6 Å². The molecule has 1 saturated heterocycles. The Balaban J connectivity index is 2.11. The van der Waals surface area contributed by atoms with Gasteiger partial charge in [0.05, 0.1) is 18.1 Å². The summed E-state index contributed by atoms with van der Waals surface area (Å²) in [4.78, 5) is 22.4. The minimum absolute atomic E-state index is 0.0123. The zero-order valence-corrected chi connectivity index (χ0v) is 13.7. The molecule has 0 spiro atoms. The van der Waals surface area contributed by atoms with Gasteiger partial charge in [-0.3, -0.25) is 10.1 Å².